The van der Waals surface area contributed by atoms with Gasteiger partial charge in [0.1, 0.15) is 11.5 Å². The van der Waals surface area contributed by atoms with E-state index in [0.717, 1.165) is 0 Å². The van der Waals surface area contributed by atoms with Gasteiger partial charge in [-0.3, -0.25) is 9.59 Å². The van der Waals surface area contributed by atoms with E-state index in [1.54, 1.807) is 18.2 Å². The number of carboxylic acids is 1. The fraction of sp³-hybridized carbons (Fsp3) is 0.458. The van der Waals surface area contributed by atoms with Crippen molar-refractivity contribution in [2.75, 3.05) is 0 Å². The van der Waals surface area contributed by atoms with Crippen LogP contribution in [-0.2, 0) is 14.3 Å². The van der Waals surface area contributed by atoms with Crippen LogP contribution in [0.25, 0.3) is 0 Å². The molecule has 5 heteroatoms. The maximum Gasteiger partial charge on any atom is 0.163 e. The third kappa shape index (κ3) is 3.33. The Morgan fingerprint density at radius 2 is 1.38 bits per heavy atom. The molecule has 0 bridgehead atoms. The van der Waals surface area contributed by atoms with E-state index >= 15 is 0 Å². The summed E-state index contributed by atoms with van der Waals surface area (Å²) in [4.78, 5) is 38.2. The first kappa shape index (κ1) is 19.6. The van der Waals surface area contributed by atoms with Gasteiger partial charge in [-0.2, -0.15) is 0 Å². The van der Waals surface area contributed by atoms with Crippen LogP contribution in [0.1, 0.15) is 75.2 Å². The Kier molecular flexibility index (Phi) is 4.34. The number of allylic oxidation sites excluding steroid dienone is 4. The zero-order chi connectivity index (χ0) is 21.1. The second-order valence-electron chi connectivity index (χ2n) is 9.97. The minimum atomic E-state index is -1.32. The van der Waals surface area contributed by atoms with Gasteiger partial charge in [0.2, 0.25) is 0 Å². The average molecular weight is 393 g/mol. The zero-order valence-electron chi connectivity index (χ0n) is 17.3. The average Bonchev–Trinajstić information content (AvgIpc) is 2.57. The molecule has 0 radical (unpaired) electrons. The highest BCUT2D eigenvalue weighted by atomic mass is 16.5. The van der Waals surface area contributed by atoms with E-state index in [2.05, 4.69) is 0 Å². The van der Waals surface area contributed by atoms with E-state index in [9.17, 15) is 19.5 Å². The van der Waals surface area contributed by atoms with Crippen molar-refractivity contribution in [3.05, 3.63) is 58.1 Å². The summed E-state index contributed by atoms with van der Waals surface area (Å²) < 4.78 is 6.21. The van der Waals surface area contributed by atoms with Crippen LogP contribution >= 0.6 is 0 Å². The second kappa shape index (κ2) is 6.41. The van der Waals surface area contributed by atoms with Crippen molar-refractivity contribution in [3.8, 4) is 0 Å². The minimum Gasteiger partial charge on any atom is -0.545 e. The number of ketones is 2. The molecule has 0 amide bonds. The summed E-state index contributed by atoms with van der Waals surface area (Å²) in [6.07, 6.45) is 1.82. The first-order chi connectivity index (χ1) is 13.5. The summed E-state index contributed by atoms with van der Waals surface area (Å²) in [7, 11) is 0. The lowest BCUT2D eigenvalue weighted by Crippen LogP contribution is -2.38. The van der Waals surface area contributed by atoms with Crippen molar-refractivity contribution in [2.24, 2.45) is 10.8 Å². The topological polar surface area (TPSA) is 83.5 Å². The highest BCUT2D eigenvalue weighted by molar-refractivity contribution is 6.07. The molecular formula is C24H25O5-. The molecule has 2 aliphatic carbocycles. The van der Waals surface area contributed by atoms with Crippen LogP contribution in [-0.4, -0.2) is 17.5 Å². The molecule has 0 saturated carbocycles. The van der Waals surface area contributed by atoms with Crippen molar-refractivity contribution in [3.63, 3.8) is 0 Å². The molecule has 0 aromatic heterocycles. The quantitative estimate of drug-likeness (QED) is 0.768. The molecular weight excluding hydrogens is 368 g/mol. The maximum atomic E-state index is 13.2. The number of carbonyl (C=O) groups excluding carboxylic acids is 3. The van der Waals surface area contributed by atoms with Crippen molar-refractivity contribution < 1.29 is 24.2 Å². The first-order valence-corrected chi connectivity index (χ1v) is 10.00. The number of Topliss-reactive ketones (excluding diaryl/α,β-unsaturated/α-hetero) is 2. The van der Waals surface area contributed by atoms with Crippen LogP contribution in [0.3, 0.4) is 0 Å². The Labute approximate surface area is 170 Å². The molecule has 29 heavy (non-hydrogen) atoms. The molecule has 1 aromatic rings. The summed E-state index contributed by atoms with van der Waals surface area (Å²) in [6, 6.07) is 6.49. The molecule has 0 atom stereocenters. The Bertz CT molecular complexity index is 954. The number of carbonyl (C=O) groups is 3. The third-order valence-electron chi connectivity index (χ3n) is 6.07. The van der Waals surface area contributed by atoms with Gasteiger partial charge < -0.3 is 14.6 Å². The molecule has 1 heterocycles. The maximum absolute atomic E-state index is 13.2. The standard InChI is InChI=1S/C24H26O5/c1-23(2)9-15(25)20-17(11-23)29-18-12-24(3,4)10-16(26)21(18)19(20)13-7-5-6-8-14(13)22(27)28/h5-8,19H,9-12H2,1-4H3,(H,27,28)/p-1. The van der Waals surface area contributed by atoms with Gasteiger partial charge in [0.15, 0.2) is 11.6 Å². The molecule has 0 N–H and O–H groups in total. The highest BCUT2D eigenvalue weighted by Crippen LogP contribution is 2.53. The van der Waals surface area contributed by atoms with E-state index in [1.165, 1.54) is 6.07 Å². The molecule has 0 fully saturated rings. The lowest BCUT2D eigenvalue weighted by atomic mass is 9.65. The summed E-state index contributed by atoms with van der Waals surface area (Å²) in [5.41, 5.74) is 0.807. The third-order valence-corrected chi connectivity index (χ3v) is 6.07. The lowest BCUT2D eigenvalue weighted by Gasteiger charge is -2.43. The Morgan fingerprint density at radius 1 is 0.897 bits per heavy atom. The predicted molar refractivity (Wildman–Crippen MR) is 105 cm³/mol. The predicted octanol–water partition coefficient (Wildman–Crippen LogP) is 3.45. The highest BCUT2D eigenvalue weighted by Gasteiger charge is 2.48. The molecule has 1 aliphatic heterocycles. The van der Waals surface area contributed by atoms with Crippen LogP contribution in [0.15, 0.2) is 46.9 Å². The summed E-state index contributed by atoms with van der Waals surface area (Å²) in [5, 5.41) is 11.8. The second-order valence-corrected chi connectivity index (χ2v) is 9.97. The van der Waals surface area contributed by atoms with Crippen LogP contribution in [0.5, 0.6) is 0 Å². The minimum absolute atomic E-state index is 0.00775. The van der Waals surface area contributed by atoms with E-state index in [-0.39, 0.29) is 28.0 Å². The SMILES string of the molecule is CC1(C)CC(=O)C2=C(C1)OC1=C(C(=O)CC(C)(C)C1)C2c1ccccc1C(=O)[O-]. The van der Waals surface area contributed by atoms with Gasteiger partial charge in [-0.25, -0.2) is 0 Å². The van der Waals surface area contributed by atoms with E-state index in [1.807, 2.05) is 27.7 Å². The van der Waals surface area contributed by atoms with Crippen molar-refractivity contribution in [1.29, 1.82) is 0 Å². The van der Waals surface area contributed by atoms with Crippen molar-refractivity contribution in [2.45, 2.75) is 59.3 Å². The Balaban J connectivity index is 1.97. The smallest absolute Gasteiger partial charge is 0.163 e. The summed E-state index contributed by atoms with van der Waals surface area (Å²) in [6.45, 7) is 8.06. The lowest BCUT2D eigenvalue weighted by molar-refractivity contribution is -0.255. The molecule has 0 spiro atoms. The molecule has 3 aliphatic rings. The summed E-state index contributed by atoms with van der Waals surface area (Å²) >= 11 is 0. The molecule has 0 unspecified atom stereocenters. The van der Waals surface area contributed by atoms with Gasteiger partial charge in [-0.1, -0.05) is 52.0 Å². The van der Waals surface area contributed by atoms with Crippen LogP contribution in [0, 0.1) is 10.8 Å². The van der Waals surface area contributed by atoms with Crippen LogP contribution < -0.4 is 5.11 Å². The Morgan fingerprint density at radius 3 is 1.86 bits per heavy atom. The molecule has 152 valence electrons. The number of aromatic carboxylic acids is 1. The van der Waals surface area contributed by atoms with Gasteiger partial charge in [0.25, 0.3) is 0 Å². The Hall–Kier alpha value is -2.69. The number of benzene rings is 1. The monoisotopic (exact) mass is 393 g/mol. The number of hydrogen-bond donors (Lipinski definition) is 0. The first-order valence-electron chi connectivity index (χ1n) is 10.00. The van der Waals surface area contributed by atoms with Gasteiger partial charge >= 0.3 is 0 Å². The number of hydrogen-bond acceptors (Lipinski definition) is 5. The van der Waals surface area contributed by atoms with Crippen molar-refractivity contribution >= 4 is 17.5 Å². The summed E-state index contributed by atoms with van der Waals surface area (Å²) in [5.74, 6) is -1.04. The molecule has 5 nitrogen and oxygen atoms in total. The van der Waals surface area contributed by atoms with Gasteiger partial charge in [0.05, 0.1) is 5.97 Å². The van der Waals surface area contributed by atoms with Gasteiger partial charge in [-0.05, 0) is 16.4 Å². The largest absolute Gasteiger partial charge is 0.545 e. The van der Waals surface area contributed by atoms with Crippen molar-refractivity contribution in [1.82, 2.24) is 0 Å². The number of carboxylic acid groups (broad SMARTS) is 1. The molecule has 0 saturated heterocycles. The van der Waals surface area contributed by atoms with E-state index in [4.69, 9.17) is 4.74 Å². The van der Waals surface area contributed by atoms with Crippen LogP contribution in [0.2, 0.25) is 0 Å². The van der Waals surface area contributed by atoms with E-state index < -0.39 is 11.9 Å². The van der Waals surface area contributed by atoms with Gasteiger partial charge in [0, 0.05) is 48.3 Å². The zero-order valence-corrected chi connectivity index (χ0v) is 17.3. The fourth-order valence-electron chi connectivity index (χ4n) is 4.92. The number of ether oxygens (including phenoxy) is 1. The van der Waals surface area contributed by atoms with E-state index in [0.29, 0.717) is 53.9 Å². The number of rotatable bonds is 2. The normalized spacial score (nSPS) is 23.4. The van der Waals surface area contributed by atoms with Crippen LogP contribution in [0.4, 0.5) is 0 Å². The molecule has 1 aromatic carbocycles. The van der Waals surface area contributed by atoms with Gasteiger partial charge in [-0.15, -0.1) is 0 Å². The molecule has 4 rings (SSSR count). The fourth-order valence-corrected chi connectivity index (χ4v) is 4.92.